The minimum absolute atomic E-state index is 0.162. The normalized spacial score (nSPS) is 18.1. The van der Waals surface area contributed by atoms with Crippen molar-refractivity contribution < 1.29 is 9.53 Å². The fourth-order valence-electron chi connectivity index (χ4n) is 2.27. The Morgan fingerprint density at radius 3 is 2.95 bits per heavy atom. The minimum atomic E-state index is -0.465. The average Bonchev–Trinajstić information content (AvgIpc) is 2.97. The van der Waals surface area contributed by atoms with Gasteiger partial charge in [-0.25, -0.2) is 4.68 Å². The standard InChI is InChI=1S/C15H17ClN4O2/c16-12-3-1-11(2-4-12)10-20-14(5-6-18-20)19-15(21)13-9-17-7-8-22-13/h1-6,13,17H,7-10H2,(H,19,21). The van der Waals surface area contributed by atoms with E-state index in [1.54, 1.807) is 16.9 Å². The highest BCUT2D eigenvalue weighted by Crippen LogP contribution is 2.14. The summed E-state index contributed by atoms with van der Waals surface area (Å²) in [5, 5.41) is 10.9. The van der Waals surface area contributed by atoms with Crippen LogP contribution in [0.4, 0.5) is 5.82 Å². The number of aromatic nitrogens is 2. The molecule has 0 radical (unpaired) electrons. The van der Waals surface area contributed by atoms with E-state index in [2.05, 4.69) is 15.7 Å². The Hall–Kier alpha value is -1.89. The summed E-state index contributed by atoms with van der Waals surface area (Å²) in [6.45, 7) is 2.40. The number of hydrogen-bond donors (Lipinski definition) is 2. The van der Waals surface area contributed by atoms with E-state index in [1.807, 2.05) is 24.3 Å². The molecule has 7 heteroatoms. The zero-order chi connectivity index (χ0) is 15.4. The third-order valence-electron chi connectivity index (χ3n) is 3.43. The number of ether oxygens (including phenoxy) is 1. The van der Waals surface area contributed by atoms with E-state index >= 15 is 0 Å². The molecule has 2 aromatic rings. The SMILES string of the molecule is O=C(Nc1ccnn1Cc1ccc(Cl)cc1)C1CNCCO1. The highest BCUT2D eigenvalue weighted by molar-refractivity contribution is 6.30. The van der Waals surface area contributed by atoms with Crippen molar-refractivity contribution in [2.24, 2.45) is 0 Å². The van der Waals surface area contributed by atoms with Crippen LogP contribution in [0, 0.1) is 0 Å². The van der Waals surface area contributed by atoms with Crippen LogP contribution in [0.25, 0.3) is 0 Å². The molecule has 1 fully saturated rings. The lowest BCUT2D eigenvalue weighted by atomic mass is 10.2. The van der Waals surface area contributed by atoms with E-state index < -0.39 is 6.10 Å². The summed E-state index contributed by atoms with van der Waals surface area (Å²) >= 11 is 5.88. The molecule has 1 aliphatic rings. The van der Waals surface area contributed by atoms with Gasteiger partial charge in [0.25, 0.3) is 5.91 Å². The Bertz CT molecular complexity index is 635. The Labute approximate surface area is 133 Å². The minimum Gasteiger partial charge on any atom is -0.366 e. The van der Waals surface area contributed by atoms with Gasteiger partial charge in [-0.05, 0) is 17.7 Å². The summed E-state index contributed by atoms with van der Waals surface area (Å²) in [7, 11) is 0. The third-order valence-corrected chi connectivity index (χ3v) is 3.69. The van der Waals surface area contributed by atoms with E-state index in [0.29, 0.717) is 30.5 Å². The second kappa shape index (κ2) is 6.91. The summed E-state index contributed by atoms with van der Waals surface area (Å²) in [4.78, 5) is 12.2. The van der Waals surface area contributed by atoms with Gasteiger partial charge in [0, 0.05) is 24.2 Å². The van der Waals surface area contributed by atoms with Crippen molar-refractivity contribution in [1.82, 2.24) is 15.1 Å². The third kappa shape index (κ3) is 3.65. The van der Waals surface area contributed by atoms with Crippen molar-refractivity contribution in [3.05, 3.63) is 47.1 Å². The second-order valence-electron chi connectivity index (χ2n) is 5.05. The maximum atomic E-state index is 12.2. The quantitative estimate of drug-likeness (QED) is 0.896. The zero-order valence-corrected chi connectivity index (χ0v) is 12.7. The maximum absolute atomic E-state index is 12.2. The second-order valence-corrected chi connectivity index (χ2v) is 5.49. The van der Waals surface area contributed by atoms with E-state index in [4.69, 9.17) is 16.3 Å². The molecule has 1 atom stereocenters. The zero-order valence-electron chi connectivity index (χ0n) is 12.0. The molecule has 116 valence electrons. The van der Waals surface area contributed by atoms with E-state index in [1.165, 1.54) is 0 Å². The van der Waals surface area contributed by atoms with Gasteiger partial charge in [0.05, 0.1) is 19.3 Å². The number of nitrogens with zero attached hydrogens (tertiary/aromatic N) is 2. The largest absolute Gasteiger partial charge is 0.366 e. The van der Waals surface area contributed by atoms with Crippen LogP contribution in [0.1, 0.15) is 5.56 Å². The van der Waals surface area contributed by atoms with Gasteiger partial charge in [0.2, 0.25) is 0 Å². The van der Waals surface area contributed by atoms with Crippen molar-refractivity contribution in [2.75, 3.05) is 25.0 Å². The summed E-state index contributed by atoms with van der Waals surface area (Å²) < 4.78 is 7.17. The molecule has 1 aromatic heterocycles. The molecular formula is C15H17ClN4O2. The molecule has 0 aliphatic carbocycles. The molecule has 1 unspecified atom stereocenters. The predicted molar refractivity (Wildman–Crippen MR) is 84.0 cm³/mol. The lowest BCUT2D eigenvalue weighted by Crippen LogP contribution is -2.45. The Morgan fingerprint density at radius 2 is 2.23 bits per heavy atom. The van der Waals surface area contributed by atoms with Gasteiger partial charge in [-0.1, -0.05) is 23.7 Å². The number of carbonyl (C=O) groups is 1. The highest BCUT2D eigenvalue weighted by atomic mass is 35.5. The molecule has 1 saturated heterocycles. The first-order valence-electron chi connectivity index (χ1n) is 7.12. The number of carbonyl (C=O) groups excluding carboxylic acids is 1. The fourth-order valence-corrected chi connectivity index (χ4v) is 2.39. The number of rotatable bonds is 4. The summed E-state index contributed by atoms with van der Waals surface area (Å²) in [6, 6.07) is 9.30. The molecule has 1 amide bonds. The highest BCUT2D eigenvalue weighted by Gasteiger charge is 2.22. The number of benzene rings is 1. The van der Waals surface area contributed by atoms with Gasteiger partial charge in [-0.2, -0.15) is 5.10 Å². The number of hydrogen-bond acceptors (Lipinski definition) is 4. The first-order valence-corrected chi connectivity index (χ1v) is 7.49. The molecular weight excluding hydrogens is 304 g/mol. The van der Waals surface area contributed by atoms with Crippen molar-refractivity contribution >= 4 is 23.3 Å². The van der Waals surface area contributed by atoms with Crippen LogP contribution in [0.2, 0.25) is 5.02 Å². The molecule has 1 aliphatic heterocycles. The number of anilines is 1. The van der Waals surface area contributed by atoms with Crippen LogP contribution in [0.15, 0.2) is 36.5 Å². The number of amides is 1. The van der Waals surface area contributed by atoms with Crippen LogP contribution >= 0.6 is 11.6 Å². The van der Waals surface area contributed by atoms with Crippen molar-refractivity contribution in [1.29, 1.82) is 0 Å². The smallest absolute Gasteiger partial charge is 0.255 e. The first kappa shape index (κ1) is 15.0. The van der Waals surface area contributed by atoms with Gasteiger partial charge >= 0.3 is 0 Å². The van der Waals surface area contributed by atoms with E-state index in [-0.39, 0.29) is 5.91 Å². The molecule has 2 N–H and O–H groups in total. The molecule has 2 heterocycles. The van der Waals surface area contributed by atoms with Crippen LogP contribution in [-0.4, -0.2) is 41.5 Å². The molecule has 6 nitrogen and oxygen atoms in total. The van der Waals surface area contributed by atoms with Crippen LogP contribution < -0.4 is 10.6 Å². The maximum Gasteiger partial charge on any atom is 0.255 e. The Morgan fingerprint density at radius 1 is 1.41 bits per heavy atom. The van der Waals surface area contributed by atoms with E-state index in [9.17, 15) is 4.79 Å². The first-order chi connectivity index (χ1) is 10.7. The molecule has 0 saturated carbocycles. The molecule has 3 rings (SSSR count). The Kier molecular flexibility index (Phi) is 4.72. The van der Waals surface area contributed by atoms with Crippen LogP contribution in [-0.2, 0) is 16.1 Å². The average molecular weight is 321 g/mol. The van der Waals surface area contributed by atoms with Gasteiger partial charge < -0.3 is 15.4 Å². The Balaban J connectivity index is 1.66. The topological polar surface area (TPSA) is 68.2 Å². The number of halogens is 1. The van der Waals surface area contributed by atoms with Gasteiger partial charge in [0.15, 0.2) is 0 Å². The van der Waals surface area contributed by atoms with Crippen molar-refractivity contribution in [2.45, 2.75) is 12.6 Å². The lowest BCUT2D eigenvalue weighted by molar-refractivity contribution is -0.128. The number of morpholine rings is 1. The predicted octanol–water partition coefficient (Wildman–Crippen LogP) is 1.51. The molecule has 0 spiro atoms. The van der Waals surface area contributed by atoms with Gasteiger partial charge in [0.1, 0.15) is 11.9 Å². The van der Waals surface area contributed by atoms with Crippen LogP contribution in [0.5, 0.6) is 0 Å². The van der Waals surface area contributed by atoms with Crippen molar-refractivity contribution in [3.63, 3.8) is 0 Å². The summed E-state index contributed by atoms with van der Waals surface area (Å²) in [6.07, 6.45) is 1.19. The number of nitrogens with one attached hydrogen (secondary N) is 2. The van der Waals surface area contributed by atoms with Crippen LogP contribution in [0.3, 0.4) is 0 Å². The van der Waals surface area contributed by atoms with Crippen molar-refractivity contribution in [3.8, 4) is 0 Å². The molecule has 0 bridgehead atoms. The summed E-state index contributed by atoms with van der Waals surface area (Å²) in [5.41, 5.74) is 1.05. The molecule has 1 aromatic carbocycles. The summed E-state index contributed by atoms with van der Waals surface area (Å²) in [5.74, 6) is 0.485. The van der Waals surface area contributed by atoms with Gasteiger partial charge in [-0.3, -0.25) is 4.79 Å². The lowest BCUT2D eigenvalue weighted by Gasteiger charge is -2.22. The molecule has 22 heavy (non-hydrogen) atoms. The monoisotopic (exact) mass is 320 g/mol. The fraction of sp³-hybridized carbons (Fsp3) is 0.333. The van der Waals surface area contributed by atoms with Gasteiger partial charge in [-0.15, -0.1) is 0 Å². The van der Waals surface area contributed by atoms with E-state index in [0.717, 1.165) is 12.1 Å².